The second kappa shape index (κ2) is 11.2. The van der Waals surface area contributed by atoms with Crippen molar-refractivity contribution in [1.82, 2.24) is 25.1 Å². The fraction of sp³-hybridized carbons (Fsp3) is 0.261. The molecule has 0 aliphatic carbocycles. The molecular formula is C23H24Cl2FN7O3S. The fourth-order valence-electron chi connectivity index (χ4n) is 3.59. The highest BCUT2D eigenvalue weighted by atomic mass is 35.5. The van der Waals surface area contributed by atoms with Gasteiger partial charge in [0.15, 0.2) is 11.5 Å². The van der Waals surface area contributed by atoms with Crippen LogP contribution < -0.4 is 10.0 Å². The Bertz CT molecular complexity index is 1550. The van der Waals surface area contributed by atoms with Crippen LogP contribution in [0.1, 0.15) is 5.69 Å². The predicted octanol–water partition coefficient (Wildman–Crippen LogP) is 3.91. The normalized spacial score (nSPS) is 11.9. The molecule has 2 aromatic heterocycles. The quantitative estimate of drug-likeness (QED) is 0.226. The number of nitrogens with zero attached hydrogens (tertiary/aromatic N) is 4. The summed E-state index contributed by atoms with van der Waals surface area (Å²) in [6.07, 6.45) is 0. The Labute approximate surface area is 222 Å². The van der Waals surface area contributed by atoms with Gasteiger partial charge in [-0.05, 0) is 50.4 Å². The minimum atomic E-state index is -4.29. The topological polar surface area (TPSA) is 136 Å². The highest BCUT2D eigenvalue weighted by Gasteiger charge is 2.22. The summed E-state index contributed by atoms with van der Waals surface area (Å²) in [6, 6.07) is 7.79. The lowest BCUT2D eigenvalue weighted by Crippen LogP contribution is -2.28. The van der Waals surface area contributed by atoms with E-state index in [1.165, 1.54) is 18.2 Å². The van der Waals surface area contributed by atoms with Crippen molar-refractivity contribution in [1.29, 1.82) is 0 Å². The van der Waals surface area contributed by atoms with E-state index in [4.69, 9.17) is 28.3 Å². The molecule has 0 amide bonds. The number of aromatic nitrogens is 4. The predicted molar refractivity (Wildman–Crippen MR) is 142 cm³/mol. The number of fused-ring (bicyclic) bond motifs is 1. The first-order valence-corrected chi connectivity index (χ1v) is 13.4. The molecule has 0 fully saturated rings. The Morgan fingerprint density at radius 1 is 1.14 bits per heavy atom. The number of anilines is 2. The summed E-state index contributed by atoms with van der Waals surface area (Å²) in [5.41, 5.74) is 1.81. The molecule has 0 unspecified atom stereocenters. The maximum Gasteiger partial charge on any atom is 0.264 e. The van der Waals surface area contributed by atoms with Crippen LogP contribution in [0.15, 0.2) is 41.3 Å². The van der Waals surface area contributed by atoms with Gasteiger partial charge < -0.3 is 15.3 Å². The van der Waals surface area contributed by atoms with Gasteiger partial charge in [-0.2, -0.15) is 5.10 Å². The van der Waals surface area contributed by atoms with Gasteiger partial charge in [-0.25, -0.2) is 22.8 Å². The van der Waals surface area contributed by atoms with E-state index in [1.54, 1.807) is 6.07 Å². The lowest BCUT2D eigenvalue weighted by Gasteiger charge is -2.16. The third-order valence-corrected chi connectivity index (χ3v) is 7.44. The van der Waals surface area contributed by atoms with Gasteiger partial charge in [0, 0.05) is 35.9 Å². The van der Waals surface area contributed by atoms with E-state index < -0.39 is 20.7 Å². The smallest absolute Gasteiger partial charge is 0.264 e. The molecule has 0 atom stereocenters. The number of aryl methyl sites for hydroxylation is 1. The summed E-state index contributed by atoms with van der Waals surface area (Å²) in [6.45, 7) is 3.72. The van der Waals surface area contributed by atoms with Gasteiger partial charge >= 0.3 is 0 Å². The molecule has 37 heavy (non-hydrogen) atoms. The number of hydrogen-bond acceptors (Lipinski definition) is 8. The van der Waals surface area contributed by atoms with E-state index >= 15 is 0 Å². The van der Waals surface area contributed by atoms with Gasteiger partial charge in [0.25, 0.3) is 10.0 Å². The number of benzene rings is 2. The molecule has 10 nitrogen and oxygen atoms in total. The van der Waals surface area contributed by atoms with Gasteiger partial charge in [0.05, 0.1) is 22.7 Å². The lowest BCUT2D eigenvalue weighted by molar-refractivity contribution is 0.225. The molecule has 0 aliphatic heterocycles. The highest BCUT2D eigenvalue weighted by Crippen LogP contribution is 2.32. The van der Waals surface area contributed by atoms with Crippen molar-refractivity contribution in [3.05, 3.63) is 58.0 Å². The van der Waals surface area contributed by atoms with E-state index in [9.17, 15) is 12.8 Å². The standard InChI is InChI=1S/C23H24Cl2FN7O3S/c1-13-20-22(27-7-8-33(2)9-10-34)28-21(29-23(20)31-30-13)14-3-6-18(16(25)11-14)32-37(35,36)19-12-15(24)4-5-17(19)26/h3-6,11-12,32,34H,7-10H2,1-2H3,(H2,27,28,29,30,31). The first kappa shape index (κ1) is 27.0. The molecule has 0 saturated carbocycles. The molecule has 0 radical (unpaired) electrons. The molecule has 2 aromatic carbocycles. The van der Waals surface area contributed by atoms with Gasteiger partial charge in [0.2, 0.25) is 0 Å². The van der Waals surface area contributed by atoms with Gasteiger partial charge in [-0.15, -0.1) is 0 Å². The van der Waals surface area contributed by atoms with E-state index in [0.29, 0.717) is 42.5 Å². The summed E-state index contributed by atoms with van der Waals surface area (Å²) in [4.78, 5) is 10.5. The van der Waals surface area contributed by atoms with Crippen LogP contribution in [0.5, 0.6) is 0 Å². The number of halogens is 3. The van der Waals surface area contributed by atoms with Crippen molar-refractivity contribution in [3.63, 3.8) is 0 Å². The SMILES string of the molecule is Cc1[nH]nc2nc(-c3ccc(NS(=O)(=O)c4cc(Cl)ccc4F)c(Cl)c3)nc(NCCN(C)CCO)c12. The largest absolute Gasteiger partial charge is 0.395 e. The molecule has 14 heteroatoms. The van der Waals surface area contributed by atoms with Crippen LogP contribution in [0.3, 0.4) is 0 Å². The fourth-order valence-corrected chi connectivity index (χ4v) is 5.30. The highest BCUT2D eigenvalue weighted by molar-refractivity contribution is 7.92. The molecule has 0 spiro atoms. The Hall–Kier alpha value is -3.03. The van der Waals surface area contributed by atoms with Crippen LogP contribution in [0.2, 0.25) is 10.0 Å². The van der Waals surface area contributed by atoms with Crippen molar-refractivity contribution < 1.29 is 17.9 Å². The monoisotopic (exact) mass is 567 g/mol. The number of rotatable bonds is 10. The van der Waals surface area contributed by atoms with Crippen LogP contribution in [0.25, 0.3) is 22.4 Å². The molecular weight excluding hydrogens is 544 g/mol. The number of likely N-dealkylation sites (N-methyl/N-ethyl adjacent to an activating group) is 1. The van der Waals surface area contributed by atoms with Crippen molar-refractivity contribution in [2.75, 3.05) is 43.3 Å². The first-order valence-electron chi connectivity index (χ1n) is 11.1. The maximum absolute atomic E-state index is 14.1. The number of sulfonamides is 1. The Balaban J connectivity index is 1.62. The van der Waals surface area contributed by atoms with Crippen LogP contribution in [0.4, 0.5) is 15.9 Å². The maximum atomic E-state index is 14.1. The van der Waals surface area contributed by atoms with Crippen LogP contribution in [0, 0.1) is 12.7 Å². The number of H-pyrrole nitrogens is 1. The zero-order valence-electron chi connectivity index (χ0n) is 19.9. The van der Waals surface area contributed by atoms with E-state index in [-0.39, 0.29) is 22.3 Å². The van der Waals surface area contributed by atoms with Crippen molar-refractivity contribution in [2.45, 2.75) is 11.8 Å². The minimum absolute atomic E-state index is 0.0479. The summed E-state index contributed by atoms with van der Waals surface area (Å²) < 4.78 is 41.9. The van der Waals surface area contributed by atoms with E-state index in [2.05, 4.69) is 30.2 Å². The molecule has 4 aromatic rings. The lowest BCUT2D eigenvalue weighted by atomic mass is 10.2. The van der Waals surface area contributed by atoms with Crippen LogP contribution >= 0.6 is 23.2 Å². The van der Waals surface area contributed by atoms with Crippen molar-refractivity contribution >= 4 is 55.8 Å². The first-order chi connectivity index (χ1) is 17.6. The second-order valence-corrected chi connectivity index (χ2v) is 10.8. The zero-order chi connectivity index (χ0) is 26.7. The van der Waals surface area contributed by atoms with Crippen molar-refractivity contribution in [2.24, 2.45) is 0 Å². The average molecular weight is 568 g/mol. The summed E-state index contributed by atoms with van der Waals surface area (Å²) in [5, 5.41) is 20.4. The van der Waals surface area contributed by atoms with Gasteiger partial charge in [-0.1, -0.05) is 23.2 Å². The Morgan fingerprint density at radius 3 is 2.65 bits per heavy atom. The molecule has 4 rings (SSSR count). The summed E-state index contributed by atoms with van der Waals surface area (Å²) in [7, 11) is -2.39. The van der Waals surface area contributed by atoms with Crippen molar-refractivity contribution in [3.8, 4) is 11.4 Å². The third-order valence-electron chi connectivity index (χ3n) is 5.52. The average Bonchev–Trinajstić information content (AvgIpc) is 3.22. The Kier molecular flexibility index (Phi) is 8.14. The van der Waals surface area contributed by atoms with E-state index in [1.807, 2.05) is 18.9 Å². The van der Waals surface area contributed by atoms with Gasteiger partial charge in [0.1, 0.15) is 16.5 Å². The van der Waals surface area contributed by atoms with Crippen LogP contribution in [-0.2, 0) is 10.0 Å². The Morgan fingerprint density at radius 2 is 1.92 bits per heavy atom. The molecule has 0 aliphatic rings. The molecule has 0 bridgehead atoms. The van der Waals surface area contributed by atoms with E-state index in [0.717, 1.165) is 23.2 Å². The molecule has 0 saturated heterocycles. The molecule has 2 heterocycles. The third kappa shape index (κ3) is 6.11. The number of aromatic amines is 1. The van der Waals surface area contributed by atoms with Crippen LogP contribution in [-0.4, -0.2) is 71.9 Å². The number of nitrogens with one attached hydrogen (secondary N) is 3. The zero-order valence-corrected chi connectivity index (χ0v) is 22.2. The summed E-state index contributed by atoms with van der Waals surface area (Å²) >= 11 is 12.2. The number of aliphatic hydroxyl groups is 1. The molecule has 4 N–H and O–H groups in total. The number of aliphatic hydroxyl groups excluding tert-OH is 1. The number of hydrogen-bond donors (Lipinski definition) is 4. The second-order valence-electron chi connectivity index (χ2n) is 8.27. The summed E-state index contributed by atoms with van der Waals surface area (Å²) in [5.74, 6) is -0.0494. The van der Waals surface area contributed by atoms with Gasteiger partial charge in [-0.3, -0.25) is 9.82 Å². The molecule has 196 valence electrons. The minimum Gasteiger partial charge on any atom is -0.395 e.